The Labute approximate surface area is 86.2 Å². The van der Waals surface area contributed by atoms with Crippen molar-refractivity contribution in [3.8, 4) is 0 Å². The Morgan fingerprint density at radius 1 is 1.64 bits per heavy atom. The Balaban J connectivity index is 2.04. The molecule has 0 radical (unpaired) electrons. The highest BCUT2D eigenvalue weighted by Crippen LogP contribution is 2.20. The van der Waals surface area contributed by atoms with E-state index < -0.39 is 0 Å². The monoisotopic (exact) mass is 215 g/mol. The van der Waals surface area contributed by atoms with E-state index in [9.17, 15) is 0 Å². The summed E-state index contributed by atoms with van der Waals surface area (Å²) < 4.78 is 10.9. The molecule has 0 spiro atoms. The maximum absolute atomic E-state index is 5.55. The van der Waals surface area contributed by atoms with Crippen LogP contribution in [-0.2, 0) is 9.47 Å². The quantitative estimate of drug-likeness (QED) is 0.551. The lowest BCUT2D eigenvalue weighted by atomic mass is 10.1. The lowest BCUT2D eigenvalue weighted by Crippen LogP contribution is -2.43. The van der Waals surface area contributed by atoms with E-state index in [4.69, 9.17) is 15.3 Å². The van der Waals surface area contributed by atoms with Gasteiger partial charge < -0.3 is 9.47 Å². The van der Waals surface area contributed by atoms with Gasteiger partial charge in [-0.25, -0.2) is 10.4 Å². The average molecular weight is 215 g/mol. The molecule has 6 heteroatoms. The van der Waals surface area contributed by atoms with Crippen LogP contribution in [0.4, 0.5) is 0 Å². The number of ether oxygens (including phenoxy) is 2. The molecule has 1 fully saturated rings. The molecule has 1 aromatic rings. The van der Waals surface area contributed by atoms with Crippen LogP contribution in [0.1, 0.15) is 11.7 Å². The lowest BCUT2D eigenvalue weighted by molar-refractivity contribution is -0.103. The number of aromatic nitrogens is 1. The summed E-state index contributed by atoms with van der Waals surface area (Å²) in [5.74, 6) is 5.47. The van der Waals surface area contributed by atoms with Gasteiger partial charge in [0.1, 0.15) is 6.10 Å². The maximum atomic E-state index is 5.55. The zero-order chi connectivity index (χ0) is 9.80. The highest BCUT2D eigenvalue weighted by atomic mass is 32.1. The van der Waals surface area contributed by atoms with Crippen molar-refractivity contribution in [1.82, 2.24) is 10.4 Å². The predicted octanol–water partition coefficient (Wildman–Crippen LogP) is 0.0629. The summed E-state index contributed by atoms with van der Waals surface area (Å²) in [5.41, 5.74) is 5.40. The van der Waals surface area contributed by atoms with Crippen LogP contribution in [0.25, 0.3) is 0 Å². The van der Waals surface area contributed by atoms with Gasteiger partial charge >= 0.3 is 0 Å². The largest absolute Gasteiger partial charge is 0.376 e. The second kappa shape index (κ2) is 4.81. The van der Waals surface area contributed by atoms with Gasteiger partial charge in [-0.1, -0.05) is 0 Å². The molecule has 0 aliphatic carbocycles. The van der Waals surface area contributed by atoms with Crippen LogP contribution in [0.15, 0.2) is 10.9 Å². The SMILES string of the molecule is NNC(c1cscn1)C1COCCO1. The standard InChI is InChI=1S/C8H13N3O2S/c9-11-8(6-4-14-5-10-6)7-3-12-1-2-13-7/h4-5,7-8,11H,1-3,9H2. The zero-order valence-electron chi connectivity index (χ0n) is 7.68. The minimum atomic E-state index is -0.0819. The molecular weight excluding hydrogens is 202 g/mol. The summed E-state index contributed by atoms with van der Waals surface area (Å²) in [4.78, 5) is 4.20. The highest BCUT2D eigenvalue weighted by molar-refractivity contribution is 7.07. The topological polar surface area (TPSA) is 69.4 Å². The first-order valence-electron chi connectivity index (χ1n) is 4.45. The molecule has 2 atom stereocenters. The zero-order valence-corrected chi connectivity index (χ0v) is 8.50. The van der Waals surface area contributed by atoms with Crippen molar-refractivity contribution < 1.29 is 9.47 Å². The van der Waals surface area contributed by atoms with Crippen molar-refractivity contribution in [3.63, 3.8) is 0 Å². The van der Waals surface area contributed by atoms with Crippen molar-refractivity contribution >= 4 is 11.3 Å². The van der Waals surface area contributed by atoms with Gasteiger partial charge in [0.2, 0.25) is 0 Å². The second-order valence-electron chi connectivity index (χ2n) is 3.04. The third-order valence-corrected chi connectivity index (χ3v) is 2.77. The molecule has 1 aliphatic heterocycles. The molecule has 5 nitrogen and oxygen atoms in total. The minimum Gasteiger partial charge on any atom is -0.376 e. The van der Waals surface area contributed by atoms with Crippen LogP contribution in [0.5, 0.6) is 0 Å². The Hall–Kier alpha value is -0.530. The van der Waals surface area contributed by atoms with Gasteiger partial charge in [0.25, 0.3) is 0 Å². The van der Waals surface area contributed by atoms with Crippen LogP contribution in [-0.4, -0.2) is 30.9 Å². The molecule has 78 valence electrons. The Morgan fingerprint density at radius 3 is 3.14 bits per heavy atom. The van der Waals surface area contributed by atoms with Crippen LogP contribution in [0.3, 0.4) is 0 Å². The third kappa shape index (κ3) is 2.10. The minimum absolute atomic E-state index is 0.0455. The number of nitrogens with two attached hydrogens (primary N) is 1. The van der Waals surface area contributed by atoms with E-state index in [-0.39, 0.29) is 12.1 Å². The number of hydrogen-bond donors (Lipinski definition) is 2. The maximum Gasteiger partial charge on any atom is 0.103 e. The van der Waals surface area contributed by atoms with Crippen LogP contribution < -0.4 is 11.3 Å². The average Bonchev–Trinajstić information content (AvgIpc) is 2.74. The summed E-state index contributed by atoms with van der Waals surface area (Å²) in [6.07, 6.45) is -0.0455. The Bertz CT molecular complexity index is 262. The van der Waals surface area contributed by atoms with Gasteiger partial charge in [0, 0.05) is 5.38 Å². The fourth-order valence-electron chi connectivity index (χ4n) is 1.46. The van der Waals surface area contributed by atoms with Crippen molar-refractivity contribution in [3.05, 3.63) is 16.6 Å². The molecule has 0 amide bonds. The molecule has 1 aromatic heterocycles. The number of nitrogens with one attached hydrogen (secondary N) is 1. The Morgan fingerprint density at radius 2 is 2.57 bits per heavy atom. The number of rotatable bonds is 3. The lowest BCUT2D eigenvalue weighted by Gasteiger charge is -2.28. The van der Waals surface area contributed by atoms with E-state index in [0.717, 1.165) is 5.69 Å². The van der Waals surface area contributed by atoms with Gasteiger partial charge in [0.05, 0.1) is 37.1 Å². The molecular formula is C8H13N3O2S. The first kappa shape index (κ1) is 10.0. The van der Waals surface area contributed by atoms with Gasteiger partial charge in [-0.05, 0) is 0 Å². The highest BCUT2D eigenvalue weighted by Gasteiger charge is 2.26. The van der Waals surface area contributed by atoms with E-state index in [1.54, 1.807) is 16.8 Å². The van der Waals surface area contributed by atoms with Crippen LogP contribution >= 0.6 is 11.3 Å². The molecule has 2 heterocycles. The summed E-state index contributed by atoms with van der Waals surface area (Å²) in [6, 6.07) is -0.0819. The molecule has 2 unspecified atom stereocenters. The summed E-state index contributed by atoms with van der Waals surface area (Å²) in [5, 5.41) is 1.96. The van der Waals surface area contributed by atoms with E-state index in [1.807, 2.05) is 5.38 Å². The summed E-state index contributed by atoms with van der Waals surface area (Å²) in [6.45, 7) is 1.84. The molecule has 1 aliphatic rings. The van der Waals surface area contributed by atoms with Crippen LogP contribution in [0, 0.1) is 0 Å². The van der Waals surface area contributed by atoms with Gasteiger partial charge in [-0.3, -0.25) is 5.84 Å². The fraction of sp³-hybridized carbons (Fsp3) is 0.625. The molecule has 1 saturated heterocycles. The smallest absolute Gasteiger partial charge is 0.103 e. The van der Waals surface area contributed by atoms with Crippen LogP contribution in [0.2, 0.25) is 0 Å². The normalized spacial score (nSPS) is 24.8. The molecule has 0 saturated carbocycles. The predicted molar refractivity (Wildman–Crippen MR) is 52.7 cm³/mol. The van der Waals surface area contributed by atoms with Gasteiger partial charge in [-0.15, -0.1) is 11.3 Å². The third-order valence-electron chi connectivity index (χ3n) is 2.16. The second-order valence-corrected chi connectivity index (χ2v) is 3.76. The van der Waals surface area contributed by atoms with Crippen molar-refractivity contribution in [2.45, 2.75) is 12.1 Å². The molecule has 0 aromatic carbocycles. The van der Waals surface area contributed by atoms with Crippen molar-refractivity contribution in [1.29, 1.82) is 0 Å². The number of nitrogens with zero attached hydrogens (tertiary/aromatic N) is 1. The van der Waals surface area contributed by atoms with E-state index in [1.165, 1.54) is 0 Å². The molecule has 14 heavy (non-hydrogen) atoms. The van der Waals surface area contributed by atoms with Crippen molar-refractivity contribution in [2.75, 3.05) is 19.8 Å². The fourth-order valence-corrected chi connectivity index (χ4v) is 2.05. The van der Waals surface area contributed by atoms with E-state index in [2.05, 4.69) is 10.4 Å². The number of hydrazine groups is 1. The van der Waals surface area contributed by atoms with E-state index >= 15 is 0 Å². The first-order valence-corrected chi connectivity index (χ1v) is 5.39. The van der Waals surface area contributed by atoms with Crippen molar-refractivity contribution in [2.24, 2.45) is 5.84 Å². The molecule has 0 bridgehead atoms. The Kier molecular flexibility index (Phi) is 3.44. The first-order chi connectivity index (χ1) is 6.92. The van der Waals surface area contributed by atoms with E-state index in [0.29, 0.717) is 19.8 Å². The van der Waals surface area contributed by atoms with Gasteiger partial charge in [0.15, 0.2) is 0 Å². The summed E-state index contributed by atoms with van der Waals surface area (Å²) >= 11 is 1.54. The molecule has 3 N–H and O–H groups in total. The van der Waals surface area contributed by atoms with Gasteiger partial charge in [-0.2, -0.15) is 0 Å². The number of hydrogen-bond acceptors (Lipinski definition) is 6. The molecule has 2 rings (SSSR count). The summed E-state index contributed by atoms with van der Waals surface area (Å²) in [7, 11) is 0. The number of thiazole rings is 1.